The van der Waals surface area contributed by atoms with Gasteiger partial charge in [-0.05, 0) is 41.1 Å². The molecule has 0 bridgehead atoms. The number of hydrogen-bond donors (Lipinski definition) is 0. The fourth-order valence-electron chi connectivity index (χ4n) is 2.45. The molecule has 2 amide bonds. The Bertz CT molecular complexity index is 870. The average molecular weight is 364 g/mol. The summed E-state index contributed by atoms with van der Waals surface area (Å²) in [4.78, 5) is 25.1. The molecule has 1 fully saturated rings. The van der Waals surface area contributed by atoms with E-state index in [1.54, 1.807) is 6.08 Å². The van der Waals surface area contributed by atoms with Crippen molar-refractivity contribution < 1.29 is 14.3 Å². The van der Waals surface area contributed by atoms with Gasteiger partial charge in [-0.15, -0.1) is 0 Å². The molecule has 26 heavy (non-hydrogen) atoms. The second kappa shape index (κ2) is 8.37. The molecule has 0 spiro atoms. The highest BCUT2D eigenvalue weighted by Crippen LogP contribution is 2.32. The molecule has 3 rings (SSSR count). The van der Waals surface area contributed by atoms with Gasteiger partial charge < -0.3 is 4.74 Å². The minimum atomic E-state index is -0.426. The van der Waals surface area contributed by atoms with Gasteiger partial charge in [-0.3, -0.25) is 14.5 Å². The number of nitriles is 1. The lowest BCUT2D eigenvalue weighted by molar-refractivity contribution is -0.122. The standard InChI is InChI=1S/C20H16N2O3S/c21-11-12-22-19(23)18(26-20(22)24)14-16-6-8-17(9-7-16)25-13-10-15-4-2-1-3-5-15/h1-9,14H,10,12-13H2. The summed E-state index contributed by atoms with van der Waals surface area (Å²) < 4.78 is 5.73. The topological polar surface area (TPSA) is 70.4 Å². The minimum absolute atomic E-state index is 0.226. The first-order valence-electron chi connectivity index (χ1n) is 8.06. The molecule has 5 nitrogen and oxygen atoms in total. The van der Waals surface area contributed by atoms with Gasteiger partial charge in [0.25, 0.3) is 11.1 Å². The Kier molecular flexibility index (Phi) is 5.72. The fraction of sp³-hybridized carbons (Fsp3) is 0.150. The van der Waals surface area contributed by atoms with Crippen LogP contribution in [0, 0.1) is 11.3 Å². The van der Waals surface area contributed by atoms with Crippen LogP contribution in [0.1, 0.15) is 11.1 Å². The summed E-state index contributed by atoms with van der Waals surface area (Å²) >= 11 is 0.848. The third-order valence-corrected chi connectivity index (χ3v) is 4.69. The second-order valence-electron chi connectivity index (χ2n) is 5.58. The molecule has 6 heteroatoms. The van der Waals surface area contributed by atoms with Crippen molar-refractivity contribution in [1.29, 1.82) is 5.26 Å². The number of thioether (sulfide) groups is 1. The molecule has 1 aliphatic heterocycles. The normalized spacial score (nSPS) is 15.3. The number of amides is 2. The third-order valence-electron chi connectivity index (χ3n) is 3.78. The zero-order valence-electron chi connectivity index (χ0n) is 13.9. The molecule has 130 valence electrons. The molecule has 0 atom stereocenters. The smallest absolute Gasteiger partial charge is 0.294 e. The average Bonchev–Trinajstić information content (AvgIpc) is 2.92. The Morgan fingerprint density at radius 3 is 2.50 bits per heavy atom. The fourth-order valence-corrected chi connectivity index (χ4v) is 3.29. The molecular weight excluding hydrogens is 348 g/mol. The number of nitrogens with zero attached hydrogens (tertiary/aromatic N) is 2. The van der Waals surface area contributed by atoms with E-state index < -0.39 is 11.1 Å². The molecule has 1 saturated heterocycles. The van der Waals surface area contributed by atoms with E-state index in [0.717, 1.165) is 34.4 Å². The first-order chi connectivity index (χ1) is 12.7. The molecule has 0 aromatic heterocycles. The maximum Gasteiger partial charge on any atom is 0.294 e. The lowest BCUT2D eigenvalue weighted by atomic mass is 10.2. The van der Waals surface area contributed by atoms with E-state index >= 15 is 0 Å². The molecule has 0 aliphatic carbocycles. The van der Waals surface area contributed by atoms with Crippen LogP contribution in [0.15, 0.2) is 59.5 Å². The summed E-state index contributed by atoms with van der Waals surface area (Å²) in [7, 11) is 0. The molecule has 0 unspecified atom stereocenters. The lowest BCUT2D eigenvalue weighted by Crippen LogP contribution is -2.28. The summed E-state index contributed by atoms with van der Waals surface area (Å²) in [5.41, 5.74) is 2.01. The summed E-state index contributed by atoms with van der Waals surface area (Å²) in [6.07, 6.45) is 2.48. The van der Waals surface area contributed by atoms with E-state index in [-0.39, 0.29) is 6.54 Å². The first kappa shape index (κ1) is 17.8. The number of imide groups is 1. The Morgan fingerprint density at radius 2 is 1.81 bits per heavy atom. The SMILES string of the molecule is N#CCN1C(=O)SC(=Cc2ccc(OCCc3ccccc3)cc2)C1=O. The van der Waals surface area contributed by atoms with Crippen molar-refractivity contribution in [2.45, 2.75) is 6.42 Å². The van der Waals surface area contributed by atoms with Gasteiger partial charge in [-0.1, -0.05) is 42.5 Å². The van der Waals surface area contributed by atoms with Crippen molar-refractivity contribution in [1.82, 2.24) is 4.90 Å². The number of rotatable bonds is 6. The summed E-state index contributed by atoms with van der Waals surface area (Å²) in [5, 5.41) is 8.26. The van der Waals surface area contributed by atoms with Gasteiger partial charge in [0, 0.05) is 6.42 Å². The van der Waals surface area contributed by atoms with Crippen molar-refractivity contribution in [2.75, 3.05) is 13.2 Å². The van der Waals surface area contributed by atoms with Crippen LogP contribution < -0.4 is 4.74 Å². The van der Waals surface area contributed by atoms with E-state index in [1.807, 2.05) is 48.5 Å². The van der Waals surface area contributed by atoms with Crippen LogP contribution in [0.3, 0.4) is 0 Å². The van der Waals surface area contributed by atoms with Gasteiger partial charge in [-0.25, -0.2) is 0 Å². The maximum absolute atomic E-state index is 12.1. The number of carbonyl (C=O) groups is 2. The van der Waals surface area contributed by atoms with Crippen LogP contribution in [0.4, 0.5) is 4.79 Å². The number of benzene rings is 2. The largest absolute Gasteiger partial charge is 0.493 e. The van der Waals surface area contributed by atoms with Crippen LogP contribution in [0.25, 0.3) is 6.08 Å². The number of carbonyl (C=O) groups excluding carboxylic acids is 2. The molecule has 1 heterocycles. The maximum atomic E-state index is 12.1. The van der Waals surface area contributed by atoms with Gasteiger partial charge in [-0.2, -0.15) is 5.26 Å². The highest BCUT2D eigenvalue weighted by molar-refractivity contribution is 8.18. The van der Waals surface area contributed by atoms with E-state index in [0.29, 0.717) is 11.5 Å². The highest BCUT2D eigenvalue weighted by Gasteiger charge is 2.34. The van der Waals surface area contributed by atoms with E-state index in [9.17, 15) is 9.59 Å². The zero-order chi connectivity index (χ0) is 18.4. The Hall–Kier alpha value is -3.04. The molecule has 2 aromatic rings. The summed E-state index contributed by atoms with van der Waals surface area (Å²) in [6, 6.07) is 19.3. The third kappa shape index (κ3) is 4.32. The Labute approximate surface area is 155 Å². The predicted molar refractivity (Wildman–Crippen MR) is 100 cm³/mol. The van der Waals surface area contributed by atoms with Gasteiger partial charge in [0.05, 0.1) is 17.6 Å². The van der Waals surface area contributed by atoms with Crippen molar-refractivity contribution in [2.24, 2.45) is 0 Å². The molecule has 2 aromatic carbocycles. The highest BCUT2D eigenvalue weighted by atomic mass is 32.2. The Morgan fingerprint density at radius 1 is 1.08 bits per heavy atom. The van der Waals surface area contributed by atoms with E-state index in [2.05, 4.69) is 12.1 Å². The minimum Gasteiger partial charge on any atom is -0.493 e. The molecule has 1 aliphatic rings. The summed E-state index contributed by atoms with van der Waals surface area (Å²) in [5.74, 6) is 0.320. The van der Waals surface area contributed by atoms with Crippen molar-refractivity contribution in [3.8, 4) is 11.8 Å². The number of hydrogen-bond acceptors (Lipinski definition) is 5. The Balaban J connectivity index is 1.59. The molecular formula is C20H16N2O3S. The van der Waals surface area contributed by atoms with Crippen LogP contribution >= 0.6 is 11.8 Å². The van der Waals surface area contributed by atoms with Gasteiger partial charge >= 0.3 is 0 Å². The van der Waals surface area contributed by atoms with Crippen LogP contribution in [0.5, 0.6) is 5.75 Å². The zero-order valence-corrected chi connectivity index (χ0v) is 14.7. The van der Waals surface area contributed by atoms with Crippen LogP contribution in [-0.2, 0) is 11.2 Å². The monoisotopic (exact) mass is 364 g/mol. The summed E-state index contributed by atoms with van der Waals surface area (Å²) in [6.45, 7) is 0.354. The second-order valence-corrected chi connectivity index (χ2v) is 6.57. The van der Waals surface area contributed by atoms with Gasteiger partial charge in [0.1, 0.15) is 12.3 Å². The predicted octanol–water partition coefficient (Wildman–Crippen LogP) is 3.87. The molecule has 0 N–H and O–H groups in total. The molecule has 0 radical (unpaired) electrons. The molecule has 0 saturated carbocycles. The van der Waals surface area contributed by atoms with Crippen molar-refractivity contribution >= 4 is 29.0 Å². The van der Waals surface area contributed by atoms with E-state index in [4.69, 9.17) is 10.00 Å². The lowest BCUT2D eigenvalue weighted by Gasteiger charge is -2.07. The van der Waals surface area contributed by atoms with E-state index in [1.165, 1.54) is 5.56 Å². The first-order valence-corrected chi connectivity index (χ1v) is 8.88. The van der Waals surface area contributed by atoms with Crippen molar-refractivity contribution in [3.05, 3.63) is 70.6 Å². The number of ether oxygens (including phenoxy) is 1. The van der Waals surface area contributed by atoms with Crippen LogP contribution in [0.2, 0.25) is 0 Å². The van der Waals surface area contributed by atoms with Gasteiger partial charge in [0.2, 0.25) is 0 Å². The van der Waals surface area contributed by atoms with Crippen molar-refractivity contribution in [3.63, 3.8) is 0 Å². The quantitative estimate of drug-likeness (QED) is 0.575. The van der Waals surface area contributed by atoms with Gasteiger partial charge in [0.15, 0.2) is 0 Å². The van der Waals surface area contributed by atoms with Crippen LogP contribution in [-0.4, -0.2) is 29.2 Å².